The zero-order chi connectivity index (χ0) is 20.2. The lowest BCUT2D eigenvalue weighted by atomic mass is 9.99. The summed E-state index contributed by atoms with van der Waals surface area (Å²) in [6, 6.07) is 1.25. The van der Waals surface area contributed by atoms with Crippen molar-refractivity contribution in [3.63, 3.8) is 0 Å². The second-order valence-corrected chi connectivity index (χ2v) is 9.47. The third-order valence-electron chi connectivity index (χ3n) is 5.75. The van der Waals surface area contributed by atoms with Crippen LogP contribution in [0.25, 0.3) is 0 Å². The number of ether oxygens (including phenoxy) is 1. The summed E-state index contributed by atoms with van der Waals surface area (Å²) in [5, 5.41) is 12.8. The van der Waals surface area contributed by atoms with Crippen molar-refractivity contribution < 1.29 is 18.1 Å². The molecule has 0 fully saturated rings. The van der Waals surface area contributed by atoms with Gasteiger partial charge in [-0.25, -0.2) is 23.2 Å². The Hall–Kier alpha value is -2.46. The van der Waals surface area contributed by atoms with E-state index in [1.165, 1.54) is 6.20 Å². The summed E-state index contributed by atoms with van der Waals surface area (Å²) in [7, 11) is -3.54. The van der Waals surface area contributed by atoms with E-state index in [1.807, 2.05) is 0 Å². The quantitative estimate of drug-likeness (QED) is 0.779. The minimum absolute atomic E-state index is 0.111. The van der Waals surface area contributed by atoms with Crippen molar-refractivity contribution in [2.75, 3.05) is 11.9 Å². The number of nitrogens with two attached hydrogens (primary N) is 1. The number of alkyl halides is 1. The lowest BCUT2D eigenvalue weighted by molar-refractivity contribution is 0.224. The van der Waals surface area contributed by atoms with E-state index in [9.17, 15) is 13.4 Å². The maximum absolute atomic E-state index is 14.0. The number of aryl methyl sites for hydroxylation is 2. The predicted octanol–water partition coefficient (Wildman–Crippen LogP) is 2.52. The fraction of sp³-hybridized carbons (Fsp3) is 0.474. The topological polar surface area (TPSA) is 112 Å². The normalized spacial score (nSPS) is 21.5. The highest BCUT2D eigenvalue weighted by atomic mass is 32.2. The van der Waals surface area contributed by atoms with Gasteiger partial charge in [0.1, 0.15) is 11.1 Å². The number of halogens is 1. The van der Waals surface area contributed by atoms with E-state index in [2.05, 4.69) is 20.8 Å². The van der Waals surface area contributed by atoms with Gasteiger partial charge >= 0.3 is 6.03 Å². The first kappa shape index (κ1) is 18.6. The maximum atomic E-state index is 14.0. The first-order valence-corrected chi connectivity index (χ1v) is 11.4. The van der Waals surface area contributed by atoms with Gasteiger partial charge in [-0.3, -0.25) is 0 Å². The molecule has 3 N–H and O–H groups in total. The number of nitrogens with one attached hydrogen (secondary N) is 1. The highest BCUT2D eigenvalue weighted by molar-refractivity contribution is 7.91. The monoisotopic (exact) mass is 419 g/mol. The van der Waals surface area contributed by atoms with E-state index in [0.717, 1.165) is 47.9 Å². The van der Waals surface area contributed by atoms with Crippen LogP contribution in [-0.2, 0) is 42.1 Å². The van der Waals surface area contributed by atoms with Crippen LogP contribution in [0.3, 0.4) is 0 Å². The first-order chi connectivity index (χ1) is 13.9. The molecule has 10 heteroatoms. The van der Waals surface area contributed by atoms with Gasteiger partial charge in [0.25, 0.3) is 0 Å². The van der Waals surface area contributed by atoms with Crippen molar-refractivity contribution in [3.8, 4) is 5.88 Å². The van der Waals surface area contributed by atoms with E-state index < -0.39 is 22.1 Å². The summed E-state index contributed by atoms with van der Waals surface area (Å²) in [6.45, 7) is 1.09. The molecule has 0 bridgehead atoms. The molecule has 2 atom stereocenters. The summed E-state index contributed by atoms with van der Waals surface area (Å²) in [5.74, 6) is 0.294. The SMILES string of the molecule is NS(=O)(=NC(=O)Nc1c2c(cc3c1CC(F)C3)CCC2)c1cnn2c1OCCC2. The van der Waals surface area contributed by atoms with Crippen molar-refractivity contribution in [1.82, 2.24) is 9.78 Å². The van der Waals surface area contributed by atoms with Crippen LogP contribution < -0.4 is 15.2 Å². The second-order valence-electron chi connectivity index (χ2n) is 7.72. The molecule has 154 valence electrons. The van der Waals surface area contributed by atoms with Gasteiger partial charge < -0.3 is 10.1 Å². The van der Waals surface area contributed by atoms with E-state index in [4.69, 9.17) is 9.88 Å². The molecule has 2 aromatic rings. The Bertz CT molecular complexity index is 1140. The molecule has 1 aliphatic heterocycles. The second kappa shape index (κ2) is 6.81. The molecular weight excluding hydrogens is 397 g/mol. The molecule has 2 heterocycles. The summed E-state index contributed by atoms with van der Waals surface area (Å²) in [4.78, 5) is 12.8. The van der Waals surface area contributed by atoms with E-state index in [1.54, 1.807) is 4.68 Å². The third-order valence-corrected chi connectivity index (χ3v) is 7.09. The van der Waals surface area contributed by atoms with Crippen molar-refractivity contribution in [3.05, 3.63) is 34.5 Å². The summed E-state index contributed by atoms with van der Waals surface area (Å²) < 4.78 is 37.9. The maximum Gasteiger partial charge on any atom is 0.354 e. The van der Waals surface area contributed by atoms with Crippen LogP contribution in [0.15, 0.2) is 21.5 Å². The van der Waals surface area contributed by atoms with Crippen molar-refractivity contribution in [2.24, 2.45) is 9.50 Å². The molecule has 2 amide bonds. The van der Waals surface area contributed by atoms with Gasteiger partial charge in [-0.15, -0.1) is 4.36 Å². The Kier molecular flexibility index (Phi) is 4.36. The van der Waals surface area contributed by atoms with Crippen LogP contribution in [0.5, 0.6) is 5.88 Å². The zero-order valence-electron chi connectivity index (χ0n) is 15.8. The van der Waals surface area contributed by atoms with Crippen molar-refractivity contribution in [1.29, 1.82) is 0 Å². The molecule has 0 radical (unpaired) electrons. The van der Waals surface area contributed by atoms with Gasteiger partial charge in [0, 0.05) is 31.5 Å². The van der Waals surface area contributed by atoms with E-state index in [0.29, 0.717) is 31.1 Å². The Labute approximate surface area is 167 Å². The van der Waals surface area contributed by atoms with Crippen LogP contribution in [0.1, 0.15) is 35.1 Å². The number of nitrogens with zero attached hydrogens (tertiary/aromatic N) is 3. The van der Waals surface area contributed by atoms with Gasteiger partial charge in [-0.05, 0) is 41.5 Å². The van der Waals surface area contributed by atoms with Crippen LogP contribution >= 0.6 is 0 Å². The Balaban J connectivity index is 1.49. The Morgan fingerprint density at radius 1 is 1.31 bits per heavy atom. The molecule has 29 heavy (non-hydrogen) atoms. The van der Waals surface area contributed by atoms with Crippen molar-refractivity contribution in [2.45, 2.75) is 56.1 Å². The van der Waals surface area contributed by atoms with Gasteiger partial charge in [-0.1, -0.05) is 6.07 Å². The van der Waals surface area contributed by atoms with Gasteiger partial charge in [0.2, 0.25) is 5.88 Å². The van der Waals surface area contributed by atoms with Gasteiger partial charge in [0.05, 0.1) is 12.8 Å². The molecule has 0 saturated heterocycles. The molecule has 8 nitrogen and oxygen atoms in total. The largest absolute Gasteiger partial charge is 0.477 e. The molecule has 5 rings (SSSR count). The van der Waals surface area contributed by atoms with Crippen LogP contribution in [0.2, 0.25) is 0 Å². The minimum Gasteiger partial charge on any atom is -0.477 e. The summed E-state index contributed by atoms with van der Waals surface area (Å²) >= 11 is 0. The average Bonchev–Trinajstić information content (AvgIpc) is 3.37. The van der Waals surface area contributed by atoms with Gasteiger partial charge in [-0.2, -0.15) is 5.10 Å². The van der Waals surface area contributed by atoms with Gasteiger partial charge in [0.15, 0.2) is 9.92 Å². The molecular formula is C19H22FN5O3S. The number of carbonyl (C=O) groups is 1. The molecule has 1 aromatic heterocycles. The Morgan fingerprint density at radius 2 is 2.17 bits per heavy atom. The standard InChI is InChI=1S/C19H22FN5O3S/c20-13-8-12-7-11-3-1-4-14(11)17(15(12)9-13)23-19(26)24-29(21,27)16-10-22-25-5-2-6-28-18(16)25/h7,10,13H,1-6,8-9H2,(H3,21,23,24,26,27). The minimum atomic E-state index is -3.54. The van der Waals surface area contributed by atoms with E-state index in [-0.39, 0.29) is 11.3 Å². The fourth-order valence-corrected chi connectivity index (χ4v) is 5.50. The number of carbonyl (C=O) groups excluding carboxylic acids is 1. The summed E-state index contributed by atoms with van der Waals surface area (Å²) in [6.07, 6.45) is 4.52. The first-order valence-electron chi connectivity index (χ1n) is 9.77. The van der Waals surface area contributed by atoms with Crippen LogP contribution in [0, 0.1) is 0 Å². The smallest absolute Gasteiger partial charge is 0.354 e. The average molecular weight is 419 g/mol. The zero-order valence-corrected chi connectivity index (χ0v) is 16.6. The van der Waals surface area contributed by atoms with Crippen LogP contribution in [-0.4, -0.2) is 32.8 Å². The molecule has 0 saturated carbocycles. The van der Waals surface area contributed by atoms with Crippen molar-refractivity contribution >= 4 is 21.6 Å². The number of fused-ring (bicyclic) bond motifs is 3. The number of benzene rings is 1. The number of amides is 2. The lowest BCUT2D eigenvalue weighted by Gasteiger charge is -2.16. The molecule has 2 unspecified atom stereocenters. The highest BCUT2D eigenvalue weighted by Gasteiger charge is 2.30. The summed E-state index contributed by atoms with van der Waals surface area (Å²) in [5.41, 5.74) is 4.53. The molecule has 2 aliphatic carbocycles. The third kappa shape index (κ3) is 3.20. The fourth-order valence-electron chi connectivity index (χ4n) is 4.50. The molecule has 3 aliphatic rings. The number of urea groups is 1. The number of hydrogen-bond donors (Lipinski definition) is 2. The molecule has 1 aromatic carbocycles. The Morgan fingerprint density at radius 3 is 3.03 bits per heavy atom. The number of aromatic nitrogens is 2. The van der Waals surface area contributed by atoms with Crippen LogP contribution in [0.4, 0.5) is 14.9 Å². The number of anilines is 1. The number of hydrogen-bond acceptors (Lipinski definition) is 4. The highest BCUT2D eigenvalue weighted by Crippen LogP contribution is 2.39. The predicted molar refractivity (Wildman–Crippen MR) is 105 cm³/mol. The van der Waals surface area contributed by atoms with E-state index >= 15 is 0 Å². The number of rotatable bonds is 2. The molecule has 0 spiro atoms. The lowest BCUT2D eigenvalue weighted by Crippen LogP contribution is -2.21.